The van der Waals surface area contributed by atoms with Crippen LogP contribution < -0.4 is 15.0 Å². The number of methoxy groups -OCH3 is 1. The quantitative estimate of drug-likeness (QED) is 0.0714. The van der Waals surface area contributed by atoms with Gasteiger partial charge in [0.05, 0.1) is 30.5 Å². The number of hydrogen-bond acceptors (Lipinski definition) is 5. The number of carbonyl (C=O) groups excluding carboxylic acids is 2. The summed E-state index contributed by atoms with van der Waals surface area (Å²) < 4.78 is 5.12. The van der Waals surface area contributed by atoms with Crippen molar-refractivity contribution in [3.05, 3.63) is 53.6 Å². The lowest BCUT2D eigenvalue weighted by molar-refractivity contribution is -0.115. The van der Waals surface area contributed by atoms with E-state index in [1.54, 1.807) is 43.5 Å². The number of unbranched alkanes of at least 4 members (excludes halogenated alkanes) is 15. The average Bonchev–Trinajstić information content (AvgIpc) is 3.00. The Morgan fingerprint density at radius 2 is 1.21 bits per heavy atom. The molecule has 238 valence electrons. The number of ketones is 1. The van der Waals surface area contributed by atoms with Gasteiger partial charge in [0.1, 0.15) is 5.75 Å². The van der Waals surface area contributed by atoms with Gasteiger partial charge >= 0.3 is 5.97 Å². The highest BCUT2D eigenvalue weighted by Gasteiger charge is 2.17. The van der Waals surface area contributed by atoms with Crippen LogP contribution in [0.5, 0.6) is 5.75 Å². The number of nitrogens with one attached hydrogen (secondary N) is 1. The summed E-state index contributed by atoms with van der Waals surface area (Å²) in [4.78, 5) is 39.0. The van der Waals surface area contributed by atoms with Crippen LogP contribution in [0.25, 0.3) is 0 Å². The van der Waals surface area contributed by atoms with Crippen molar-refractivity contribution in [2.75, 3.05) is 30.9 Å². The van der Waals surface area contributed by atoms with E-state index in [0.717, 1.165) is 25.1 Å². The van der Waals surface area contributed by atoms with E-state index in [-0.39, 0.29) is 17.8 Å². The van der Waals surface area contributed by atoms with Gasteiger partial charge in [-0.3, -0.25) is 9.59 Å². The fraction of sp³-hybridized carbons (Fsp3) is 0.583. The molecular formula is C36H54N2O5. The molecule has 0 aliphatic heterocycles. The molecule has 7 heteroatoms. The zero-order valence-corrected chi connectivity index (χ0v) is 26.8. The lowest BCUT2D eigenvalue weighted by Gasteiger charge is -2.23. The molecule has 0 heterocycles. The third-order valence-electron chi connectivity index (χ3n) is 8.01. The first-order valence-corrected chi connectivity index (χ1v) is 16.4. The number of hydrogen-bond donors (Lipinski definition) is 2. The average molecular weight is 595 g/mol. The number of carboxylic acids is 1. The number of carbonyl (C=O) groups is 3. The molecule has 0 bridgehead atoms. The van der Waals surface area contributed by atoms with Crippen LogP contribution in [0.1, 0.15) is 137 Å². The van der Waals surface area contributed by atoms with Gasteiger partial charge in [-0.2, -0.15) is 0 Å². The molecule has 1 amide bonds. The van der Waals surface area contributed by atoms with Crippen molar-refractivity contribution >= 4 is 29.0 Å². The largest absolute Gasteiger partial charge is 0.497 e. The Morgan fingerprint density at radius 1 is 0.721 bits per heavy atom. The van der Waals surface area contributed by atoms with E-state index in [1.807, 2.05) is 11.9 Å². The summed E-state index contributed by atoms with van der Waals surface area (Å²) in [5, 5.41) is 12.3. The molecular weight excluding hydrogens is 540 g/mol. The number of Topliss-reactive ketones (excluding diaryl/α,β-unsaturated/α-hetero) is 1. The Balaban J connectivity index is 1.70. The van der Waals surface area contributed by atoms with Crippen LogP contribution in [0, 0.1) is 0 Å². The van der Waals surface area contributed by atoms with Crippen molar-refractivity contribution in [1.82, 2.24) is 0 Å². The highest BCUT2D eigenvalue weighted by atomic mass is 16.5. The number of anilines is 2. The van der Waals surface area contributed by atoms with Gasteiger partial charge in [-0.05, 0) is 48.9 Å². The van der Waals surface area contributed by atoms with Crippen molar-refractivity contribution in [3.63, 3.8) is 0 Å². The topological polar surface area (TPSA) is 95.9 Å². The minimum absolute atomic E-state index is 0.0799. The first-order chi connectivity index (χ1) is 20.8. The molecule has 0 saturated heterocycles. The fourth-order valence-corrected chi connectivity index (χ4v) is 5.34. The summed E-state index contributed by atoms with van der Waals surface area (Å²) >= 11 is 0. The van der Waals surface area contributed by atoms with Crippen molar-refractivity contribution in [1.29, 1.82) is 0 Å². The van der Waals surface area contributed by atoms with Gasteiger partial charge in [0.25, 0.3) is 0 Å². The molecule has 2 aromatic rings. The molecule has 7 nitrogen and oxygen atoms in total. The number of ether oxygens (including phenoxy) is 1. The molecule has 2 N–H and O–H groups in total. The smallest absolute Gasteiger partial charge is 0.335 e. The van der Waals surface area contributed by atoms with Gasteiger partial charge < -0.3 is 20.1 Å². The van der Waals surface area contributed by atoms with Crippen LogP contribution in [0.2, 0.25) is 0 Å². The molecule has 0 aliphatic rings. The number of carboxylic acid groups (broad SMARTS) is 1. The van der Waals surface area contributed by atoms with Gasteiger partial charge in [-0.25, -0.2) is 4.79 Å². The SMILES string of the molecule is CCCCCCCCCCCCCCCCCCN(C)c1ccc(C(=O)O)cc1NC(=O)CC(=O)c1ccc(OC)cc1. The van der Waals surface area contributed by atoms with Gasteiger partial charge in [-0.1, -0.05) is 103 Å². The minimum atomic E-state index is -1.07. The van der Waals surface area contributed by atoms with Crippen molar-refractivity contribution in [2.45, 2.75) is 116 Å². The van der Waals surface area contributed by atoms with Crippen LogP contribution in [0.15, 0.2) is 42.5 Å². The predicted octanol–water partition coefficient (Wildman–Crippen LogP) is 9.30. The normalized spacial score (nSPS) is 10.9. The first kappa shape index (κ1) is 35.8. The maximum absolute atomic E-state index is 12.8. The molecule has 0 saturated carbocycles. The van der Waals surface area contributed by atoms with Gasteiger partial charge in [-0.15, -0.1) is 0 Å². The Morgan fingerprint density at radius 3 is 1.70 bits per heavy atom. The first-order valence-electron chi connectivity index (χ1n) is 16.4. The van der Waals surface area contributed by atoms with E-state index in [9.17, 15) is 19.5 Å². The molecule has 0 aliphatic carbocycles. The number of rotatable bonds is 24. The third kappa shape index (κ3) is 14.6. The molecule has 43 heavy (non-hydrogen) atoms. The Hall–Kier alpha value is -3.35. The second-order valence-corrected chi connectivity index (χ2v) is 11.6. The molecule has 0 fully saturated rings. The van der Waals surface area contributed by atoms with E-state index in [1.165, 1.54) is 96.0 Å². The lowest BCUT2D eigenvalue weighted by atomic mass is 10.0. The number of benzene rings is 2. The molecule has 0 unspecified atom stereocenters. The highest BCUT2D eigenvalue weighted by Crippen LogP contribution is 2.28. The molecule has 0 spiro atoms. The lowest BCUT2D eigenvalue weighted by Crippen LogP contribution is -2.23. The second kappa shape index (κ2) is 21.4. The summed E-state index contributed by atoms with van der Waals surface area (Å²) in [6, 6.07) is 11.3. The highest BCUT2D eigenvalue weighted by molar-refractivity contribution is 6.12. The molecule has 0 radical (unpaired) electrons. The zero-order chi connectivity index (χ0) is 31.3. The summed E-state index contributed by atoms with van der Waals surface area (Å²) in [6.07, 6.45) is 20.7. The number of aromatic carboxylic acids is 1. The Kier molecular flexibility index (Phi) is 17.8. The molecule has 0 atom stereocenters. The van der Waals surface area contributed by atoms with Crippen molar-refractivity contribution in [3.8, 4) is 5.75 Å². The summed E-state index contributed by atoms with van der Waals surface area (Å²) in [5.41, 5.74) is 1.62. The maximum atomic E-state index is 12.8. The fourth-order valence-electron chi connectivity index (χ4n) is 5.34. The Labute approximate surface area is 259 Å². The van der Waals surface area contributed by atoms with Gasteiger partial charge in [0, 0.05) is 19.2 Å². The van der Waals surface area contributed by atoms with Crippen molar-refractivity contribution in [2.24, 2.45) is 0 Å². The molecule has 2 aromatic carbocycles. The van der Waals surface area contributed by atoms with Crippen LogP contribution in [0.3, 0.4) is 0 Å². The predicted molar refractivity (Wildman–Crippen MR) is 177 cm³/mol. The standard InChI is InChI=1S/C36H54N2O5/c1-4-5-6-7-8-9-10-11-12-13-14-15-16-17-18-19-26-38(2)33-25-22-30(36(41)42)27-32(33)37-35(40)28-34(39)29-20-23-31(43-3)24-21-29/h20-25,27H,4-19,26,28H2,1-3H3,(H,37,40)(H,41,42). The number of amides is 1. The van der Waals surface area contributed by atoms with E-state index in [0.29, 0.717) is 17.0 Å². The summed E-state index contributed by atoms with van der Waals surface area (Å²) in [6.45, 7) is 3.06. The summed E-state index contributed by atoms with van der Waals surface area (Å²) in [5.74, 6) is -1.25. The molecule has 2 rings (SSSR count). The zero-order valence-electron chi connectivity index (χ0n) is 26.8. The molecule has 0 aromatic heterocycles. The van der Waals surface area contributed by atoms with E-state index < -0.39 is 11.9 Å². The minimum Gasteiger partial charge on any atom is -0.497 e. The van der Waals surface area contributed by atoms with E-state index >= 15 is 0 Å². The maximum Gasteiger partial charge on any atom is 0.335 e. The van der Waals surface area contributed by atoms with Crippen LogP contribution in [-0.2, 0) is 4.79 Å². The Bertz CT molecular complexity index is 1100. The van der Waals surface area contributed by atoms with Crippen molar-refractivity contribution < 1.29 is 24.2 Å². The van der Waals surface area contributed by atoms with Gasteiger partial charge in [0.2, 0.25) is 5.91 Å². The van der Waals surface area contributed by atoms with Crippen LogP contribution in [-0.4, -0.2) is 43.5 Å². The van der Waals surface area contributed by atoms with Crippen LogP contribution >= 0.6 is 0 Å². The third-order valence-corrected chi connectivity index (χ3v) is 8.01. The second-order valence-electron chi connectivity index (χ2n) is 11.6. The van der Waals surface area contributed by atoms with Crippen LogP contribution in [0.4, 0.5) is 11.4 Å². The van der Waals surface area contributed by atoms with E-state index in [2.05, 4.69) is 12.2 Å². The summed E-state index contributed by atoms with van der Waals surface area (Å²) in [7, 11) is 3.49. The van der Waals surface area contributed by atoms with E-state index in [4.69, 9.17) is 4.74 Å². The monoisotopic (exact) mass is 594 g/mol. The van der Waals surface area contributed by atoms with Gasteiger partial charge in [0.15, 0.2) is 5.78 Å². The number of nitrogens with zero attached hydrogens (tertiary/aromatic N) is 1.